The smallest absolute Gasteiger partial charge is 0.264 e. The Hall–Kier alpha value is -3.07. The lowest BCUT2D eigenvalue weighted by atomic mass is 9.95. The summed E-state index contributed by atoms with van der Waals surface area (Å²) in [5.74, 6) is -0.769. The average Bonchev–Trinajstić information content (AvgIpc) is 2.96. The van der Waals surface area contributed by atoms with E-state index in [-0.39, 0.29) is 23.4 Å². The van der Waals surface area contributed by atoms with E-state index in [1.807, 2.05) is 0 Å². The summed E-state index contributed by atoms with van der Waals surface area (Å²) < 4.78 is 29.0. The first-order valence-corrected chi connectivity index (χ1v) is 15.9. The third-order valence-corrected chi connectivity index (χ3v) is 9.73. The largest absolute Gasteiger partial charge is 0.352 e. The van der Waals surface area contributed by atoms with Crippen molar-refractivity contribution in [3.63, 3.8) is 0 Å². The van der Waals surface area contributed by atoms with Crippen LogP contribution in [0.4, 0.5) is 5.69 Å². The number of sulfonamides is 1. The number of anilines is 1. The van der Waals surface area contributed by atoms with Crippen LogP contribution in [0, 0.1) is 6.92 Å². The molecule has 1 saturated carbocycles. The van der Waals surface area contributed by atoms with Gasteiger partial charge < -0.3 is 10.2 Å². The van der Waals surface area contributed by atoms with Gasteiger partial charge in [-0.05, 0) is 80.3 Å². The van der Waals surface area contributed by atoms with Crippen molar-refractivity contribution in [2.24, 2.45) is 0 Å². The number of benzene rings is 3. The van der Waals surface area contributed by atoms with Gasteiger partial charge in [-0.25, -0.2) is 8.42 Å². The molecule has 3 aromatic rings. The number of aryl methyl sites for hydroxylation is 1. The second-order valence-corrected chi connectivity index (χ2v) is 13.2. The first kappa shape index (κ1) is 30.9. The number of para-hydroxylation sites is 1. The van der Waals surface area contributed by atoms with Gasteiger partial charge in [-0.1, -0.05) is 72.8 Å². The Kier molecular flexibility index (Phi) is 10.3. The van der Waals surface area contributed by atoms with Crippen molar-refractivity contribution in [3.05, 3.63) is 94.0 Å². The lowest BCUT2D eigenvalue weighted by molar-refractivity contribution is -0.139. The summed E-state index contributed by atoms with van der Waals surface area (Å²) in [4.78, 5) is 28.9. The Morgan fingerprint density at radius 3 is 2.10 bits per heavy atom. The molecule has 1 atom stereocenters. The fourth-order valence-corrected chi connectivity index (χ4v) is 6.76. The summed E-state index contributed by atoms with van der Waals surface area (Å²) in [6.45, 7) is 3.08. The standard InChI is InChI=1S/C31H35Cl2N3O4S/c1-22-8-6-7-11-29(22)36(41(39,40)28-18-16-26(33)17-19-28)21-30(37)35(20-24-12-14-25(32)15-13-24)23(2)31(38)34-27-9-4-3-5-10-27/h6-8,11-19,23,27H,3-5,9-10,20-21H2,1-2H3,(H,34,38)/t23-/m1/s1. The highest BCUT2D eigenvalue weighted by molar-refractivity contribution is 7.92. The molecule has 0 unspecified atom stereocenters. The van der Waals surface area contributed by atoms with Gasteiger partial charge >= 0.3 is 0 Å². The molecule has 3 aromatic carbocycles. The van der Waals surface area contributed by atoms with Crippen LogP contribution in [0.25, 0.3) is 0 Å². The van der Waals surface area contributed by atoms with E-state index < -0.39 is 28.5 Å². The number of carbonyl (C=O) groups excluding carboxylic acids is 2. The number of rotatable bonds is 10. The van der Waals surface area contributed by atoms with Crippen LogP contribution in [-0.2, 0) is 26.2 Å². The molecule has 0 spiro atoms. The molecular weight excluding hydrogens is 581 g/mol. The Morgan fingerprint density at radius 1 is 0.902 bits per heavy atom. The van der Waals surface area contributed by atoms with Gasteiger partial charge in [0.25, 0.3) is 10.0 Å². The van der Waals surface area contributed by atoms with Gasteiger partial charge in [-0.15, -0.1) is 0 Å². The summed E-state index contributed by atoms with van der Waals surface area (Å²) in [5, 5.41) is 4.05. The molecular formula is C31H35Cl2N3O4S. The van der Waals surface area contributed by atoms with Crippen LogP contribution in [0.1, 0.15) is 50.2 Å². The highest BCUT2D eigenvalue weighted by atomic mass is 35.5. The molecule has 2 amide bonds. The molecule has 0 aliphatic heterocycles. The molecule has 1 fully saturated rings. The maximum Gasteiger partial charge on any atom is 0.264 e. The highest BCUT2D eigenvalue weighted by Gasteiger charge is 2.33. The fraction of sp³-hybridized carbons (Fsp3) is 0.355. The number of nitrogens with one attached hydrogen (secondary N) is 1. The Balaban J connectivity index is 1.68. The van der Waals surface area contributed by atoms with E-state index in [1.165, 1.54) is 29.2 Å². The van der Waals surface area contributed by atoms with Crippen LogP contribution in [0.15, 0.2) is 77.7 Å². The fourth-order valence-electron chi connectivity index (χ4n) is 5.03. The van der Waals surface area contributed by atoms with Crippen molar-refractivity contribution in [1.29, 1.82) is 0 Å². The second kappa shape index (κ2) is 13.7. The molecule has 7 nitrogen and oxygen atoms in total. The van der Waals surface area contributed by atoms with Crippen LogP contribution in [0.3, 0.4) is 0 Å². The minimum atomic E-state index is -4.16. The number of carbonyl (C=O) groups is 2. The molecule has 0 bridgehead atoms. The highest BCUT2D eigenvalue weighted by Crippen LogP contribution is 2.28. The number of hydrogen-bond acceptors (Lipinski definition) is 4. The van der Waals surface area contributed by atoms with Crippen LogP contribution in [0.2, 0.25) is 10.0 Å². The van der Waals surface area contributed by atoms with Gasteiger partial charge in [0, 0.05) is 22.6 Å². The zero-order chi connectivity index (χ0) is 29.6. The molecule has 1 N–H and O–H groups in total. The summed E-state index contributed by atoms with van der Waals surface area (Å²) in [5.41, 5.74) is 1.83. The van der Waals surface area contributed by atoms with E-state index in [4.69, 9.17) is 23.2 Å². The molecule has 218 valence electrons. The molecule has 0 radical (unpaired) electrons. The van der Waals surface area contributed by atoms with Crippen molar-refractivity contribution in [2.75, 3.05) is 10.8 Å². The van der Waals surface area contributed by atoms with E-state index in [0.717, 1.165) is 42.0 Å². The maximum atomic E-state index is 14.1. The van der Waals surface area contributed by atoms with Crippen molar-refractivity contribution in [2.45, 2.75) is 69.5 Å². The van der Waals surface area contributed by atoms with E-state index in [1.54, 1.807) is 62.4 Å². The Morgan fingerprint density at radius 2 is 1.49 bits per heavy atom. The minimum absolute atomic E-state index is 0.00490. The monoisotopic (exact) mass is 615 g/mol. The number of hydrogen-bond donors (Lipinski definition) is 1. The Labute approximate surface area is 252 Å². The van der Waals surface area contributed by atoms with Crippen molar-refractivity contribution in [3.8, 4) is 0 Å². The molecule has 0 heterocycles. The summed E-state index contributed by atoms with van der Waals surface area (Å²) in [7, 11) is -4.16. The molecule has 41 heavy (non-hydrogen) atoms. The van der Waals surface area contributed by atoms with Crippen molar-refractivity contribution in [1.82, 2.24) is 10.2 Å². The van der Waals surface area contributed by atoms with Gasteiger partial charge in [0.15, 0.2) is 0 Å². The predicted octanol–water partition coefficient (Wildman–Crippen LogP) is 6.36. The molecule has 1 aliphatic carbocycles. The topological polar surface area (TPSA) is 86.8 Å². The van der Waals surface area contributed by atoms with Crippen LogP contribution >= 0.6 is 23.2 Å². The average molecular weight is 617 g/mol. The number of nitrogens with zero attached hydrogens (tertiary/aromatic N) is 2. The van der Waals surface area contributed by atoms with Crippen LogP contribution in [-0.4, -0.2) is 43.8 Å². The van der Waals surface area contributed by atoms with E-state index in [9.17, 15) is 18.0 Å². The zero-order valence-electron chi connectivity index (χ0n) is 23.2. The van der Waals surface area contributed by atoms with Crippen LogP contribution in [0.5, 0.6) is 0 Å². The summed E-state index contributed by atoms with van der Waals surface area (Å²) in [6, 6.07) is 19.1. The van der Waals surface area contributed by atoms with Gasteiger partial charge in [0.1, 0.15) is 12.6 Å². The number of amides is 2. The maximum absolute atomic E-state index is 14.1. The molecule has 4 rings (SSSR count). The van der Waals surface area contributed by atoms with Gasteiger partial charge in [0.2, 0.25) is 11.8 Å². The quantitative estimate of drug-likeness (QED) is 0.287. The predicted molar refractivity (Wildman–Crippen MR) is 164 cm³/mol. The van der Waals surface area contributed by atoms with Gasteiger partial charge in [-0.3, -0.25) is 13.9 Å². The SMILES string of the molecule is Cc1ccccc1N(CC(=O)N(Cc1ccc(Cl)cc1)[C@H](C)C(=O)NC1CCCCC1)S(=O)(=O)c1ccc(Cl)cc1. The molecule has 0 saturated heterocycles. The normalized spacial score (nSPS) is 14.7. The van der Waals surface area contributed by atoms with E-state index in [0.29, 0.717) is 21.3 Å². The van der Waals surface area contributed by atoms with E-state index >= 15 is 0 Å². The first-order valence-electron chi connectivity index (χ1n) is 13.7. The third kappa shape index (κ3) is 7.82. The van der Waals surface area contributed by atoms with Crippen molar-refractivity contribution >= 4 is 50.7 Å². The minimum Gasteiger partial charge on any atom is -0.352 e. The van der Waals surface area contributed by atoms with Gasteiger partial charge in [0.05, 0.1) is 10.6 Å². The van der Waals surface area contributed by atoms with Gasteiger partial charge in [-0.2, -0.15) is 0 Å². The molecule has 10 heteroatoms. The van der Waals surface area contributed by atoms with Crippen molar-refractivity contribution < 1.29 is 18.0 Å². The second-order valence-electron chi connectivity index (χ2n) is 10.4. The number of halogens is 2. The summed E-state index contributed by atoms with van der Waals surface area (Å²) in [6.07, 6.45) is 5.08. The third-order valence-electron chi connectivity index (χ3n) is 7.45. The molecule has 0 aromatic heterocycles. The van der Waals surface area contributed by atoms with E-state index in [2.05, 4.69) is 5.32 Å². The van der Waals surface area contributed by atoms with Crippen LogP contribution < -0.4 is 9.62 Å². The lowest BCUT2D eigenvalue weighted by Gasteiger charge is -2.33. The molecule has 1 aliphatic rings. The lowest BCUT2D eigenvalue weighted by Crippen LogP contribution is -2.53. The first-order chi connectivity index (χ1) is 19.6. The summed E-state index contributed by atoms with van der Waals surface area (Å²) >= 11 is 12.1. The Bertz CT molecular complexity index is 1460. The zero-order valence-corrected chi connectivity index (χ0v) is 25.6.